The molecule has 1 aromatic rings. The Kier molecular flexibility index (Phi) is 5.66. The van der Waals surface area contributed by atoms with Crippen molar-refractivity contribution in [1.82, 2.24) is 9.80 Å². The van der Waals surface area contributed by atoms with Crippen LogP contribution in [0.3, 0.4) is 0 Å². The van der Waals surface area contributed by atoms with Crippen LogP contribution in [0.4, 0.5) is 0 Å². The second-order valence-electron chi connectivity index (χ2n) is 5.81. The van der Waals surface area contributed by atoms with E-state index in [0.717, 1.165) is 36.9 Å². The first-order valence-corrected chi connectivity index (χ1v) is 7.98. The zero-order valence-corrected chi connectivity index (χ0v) is 13.3. The van der Waals surface area contributed by atoms with Gasteiger partial charge >= 0.3 is 0 Å². The molecule has 0 radical (unpaired) electrons. The van der Waals surface area contributed by atoms with E-state index in [2.05, 4.69) is 30.0 Å². The summed E-state index contributed by atoms with van der Waals surface area (Å²) in [5, 5.41) is 9.47. The minimum Gasteiger partial charge on any atom is -0.396 e. The topological polar surface area (TPSA) is 26.7 Å². The van der Waals surface area contributed by atoms with Crippen molar-refractivity contribution in [3.8, 4) is 0 Å². The fraction of sp³-hybridized carbons (Fsp3) is 0.714. The fourth-order valence-corrected chi connectivity index (χ4v) is 4.12. The zero-order chi connectivity index (χ0) is 13.8. The van der Waals surface area contributed by atoms with Crippen LogP contribution in [0.5, 0.6) is 0 Å². The molecule has 2 atom stereocenters. The maximum atomic E-state index is 9.47. The van der Waals surface area contributed by atoms with Crippen LogP contribution in [0.1, 0.15) is 11.3 Å². The molecule has 1 saturated heterocycles. The zero-order valence-electron chi connectivity index (χ0n) is 11.7. The molecule has 3 nitrogen and oxygen atoms in total. The lowest BCUT2D eigenvalue weighted by atomic mass is 9.89. The first kappa shape index (κ1) is 15.3. The average Bonchev–Trinajstić information content (AvgIpc) is 2.73. The Morgan fingerprint density at radius 1 is 1.37 bits per heavy atom. The van der Waals surface area contributed by atoms with Crippen molar-refractivity contribution in [3.63, 3.8) is 0 Å². The van der Waals surface area contributed by atoms with E-state index in [9.17, 15) is 5.11 Å². The van der Waals surface area contributed by atoms with Gasteiger partial charge < -0.3 is 10.0 Å². The van der Waals surface area contributed by atoms with Gasteiger partial charge in [0, 0.05) is 37.7 Å². The van der Waals surface area contributed by atoms with E-state index in [1.54, 1.807) is 11.3 Å². The molecule has 2 heterocycles. The molecule has 1 aromatic heterocycles. The Morgan fingerprint density at radius 2 is 2.11 bits per heavy atom. The summed E-state index contributed by atoms with van der Waals surface area (Å²) < 4.78 is 0.857. The van der Waals surface area contributed by atoms with Crippen molar-refractivity contribution >= 4 is 22.9 Å². The molecule has 0 amide bonds. The molecule has 0 unspecified atom stereocenters. The van der Waals surface area contributed by atoms with Crippen LogP contribution in [0, 0.1) is 11.8 Å². The summed E-state index contributed by atoms with van der Waals surface area (Å²) in [5.74, 6) is 1.06. The SMILES string of the molecule is CN(C)C[C@H]1C[C@H](CO)CN(Cc2ccc(Cl)s2)C1. The number of aliphatic hydroxyl groups is 1. The summed E-state index contributed by atoms with van der Waals surface area (Å²) in [6.07, 6.45) is 1.14. The summed E-state index contributed by atoms with van der Waals surface area (Å²) in [4.78, 5) is 6.01. The molecule has 0 aliphatic carbocycles. The number of rotatable bonds is 5. The first-order chi connectivity index (χ1) is 9.06. The first-order valence-electron chi connectivity index (χ1n) is 6.79. The molecule has 0 aromatic carbocycles. The average molecular weight is 303 g/mol. The molecule has 0 bridgehead atoms. The van der Waals surface area contributed by atoms with Crippen LogP contribution < -0.4 is 0 Å². The summed E-state index contributed by atoms with van der Waals surface area (Å²) in [6.45, 7) is 4.46. The molecule has 1 N–H and O–H groups in total. The quantitative estimate of drug-likeness (QED) is 0.905. The molecule has 108 valence electrons. The van der Waals surface area contributed by atoms with Gasteiger partial charge in [-0.05, 0) is 44.5 Å². The van der Waals surface area contributed by atoms with Gasteiger partial charge in [-0.15, -0.1) is 11.3 Å². The number of hydrogen-bond acceptors (Lipinski definition) is 4. The van der Waals surface area contributed by atoms with Gasteiger partial charge in [-0.3, -0.25) is 4.90 Å². The summed E-state index contributed by atoms with van der Waals surface area (Å²) in [5.41, 5.74) is 0. The lowest BCUT2D eigenvalue weighted by molar-refractivity contribution is 0.0698. The summed E-state index contributed by atoms with van der Waals surface area (Å²) in [7, 11) is 4.23. The Morgan fingerprint density at radius 3 is 2.68 bits per heavy atom. The van der Waals surface area contributed by atoms with Gasteiger partial charge in [0.15, 0.2) is 0 Å². The normalized spacial score (nSPS) is 25.1. The molecule has 1 aliphatic heterocycles. The van der Waals surface area contributed by atoms with Crippen molar-refractivity contribution in [1.29, 1.82) is 0 Å². The highest BCUT2D eigenvalue weighted by molar-refractivity contribution is 7.16. The molecular weight excluding hydrogens is 280 g/mol. The number of likely N-dealkylation sites (tertiary alicyclic amines) is 1. The highest BCUT2D eigenvalue weighted by Crippen LogP contribution is 2.27. The Hall–Kier alpha value is -0.130. The molecular formula is C14H23ClN2OS. The molecule has 1 aliphatic rings. The van der Waals surface area contributed by atoms with Crippen molar-refractivity contribution < 1.29 is 5.11 Å². The molecule has 19 heavy (non-hydrogen) atoms. The van der Waals surface area contributed by atoms with Crippen LogP contribution >= 0.6 is 22.9 Å². The number of hydrogen-bond donors (Lipinski definition) is 1. The van der Waals surface area contributed by atoms with Gasteiger partial charge in [-0.2, -0.15) is 0 Å². The third kappa shape index (κ3) is 4.72. The van der Waals surface area contributed by atoms with Gasteiger partial charge in [0.2, 0.25) is 0 Å². The smallest absolute Gasteiger partial charge is 0.0931 e. The van der Waals surface area contributed by atoms with E-state index in [1.165, 1.54) is 4.88 Å². The standard InChI is InChI=1S/C14H23ClN2OS/c1-16(2)6-11-5-12(10-18)8-17(7-11)9-13-3-4-14(15)19-13/h3-4,11-12,18H,5-10H2,1-2H3/t11-,12+/m1/s1. The molecule has 5 heteroatoms. The number of piperidine rings is 1. The predicted octanol–water partition coefficient (Wildman–Crippen LogP) is 2.39. The van der Waals surface area contributed by atoms with Crippen molar-refractivity contribution in [2.45, 2.75) is 13.0 Å². The van der Waals surface area contributed by atoms with E-state index in [4.69, 9.17) is 11.6 Å². The van der Waals surface area contributed by atoms with E-state index >= 15 is 0 Å². The monoisotopic (exact) mass is 302 g/mol. The third-order valence-corrected chi connectivity index (χ3v) is 4.81. The predicted molar refractivity (Wildman–Crippen MR) is 81.8 cm³/mol. The third-order valence-electron chi connectivity index (χ3n) is 3.59. The van der Waals surface area contributed by atoms with Crippen LogP contribution in [0.15, 0.2) is 12.1 Å². The van der Waals surface area contributed by atoms with Crippen molar-refractivity contribution in [2.24, 2.45) is 11.8 Å². The van der Waals surface area contributed by atoms with Gasteiger partial charge in [0.1, 0.15) is 0 Å². The Balaban J connectivity index is 1.95. The van der Waals surface area contributed by atoms with Crippen LogP contribution in [-0.2, 0) is 6.54 Å². The maximum Gasteiger partial charge on any atom is 0.0931 e. The molecule has 1 fully saturated rings. The van der Waals surface area contributed by atoms with Crippen LogP contribution in [0.25, 0.3) is 0 Å². The molecule has 0 spiro atoms. The molecule has 0 saturated carbocycles. The lowest BCUT2D eigenvalue weighted by Gasteiger charge is -2.38. The van der Waals surface area contributed by atoms with Crippen LogP contribution in [0.2, 0.25) is 4.34 Å². The number of halogens is 1. The van der Waals surface area contributed by atoms with E-state index in [1.807, 2.05) is 6.07 Å². The van der Waals surface area contributed by atoms with Gasteiger partial charge in [0.05, 0.1) is 4.34 Å². The van der Waals surface area contributed by atoms with E-state index < -0.39 is 0 Å². The summed E-state index contributed by atoms with van der Waals surface area (Å²) >= 11 is 7.64. The minimum absolute atomic E-state index is 0.297. The number of aliphatic hydroxyl groups excluding tert-OH is 1. The number of thiophene rings is 1. The van der Waals surface area contributed by atoms with Gasteiger partial charge in [-0.1, -0.05) is 11.6 Å². The Bertz CT molecular complexity index is 397. The van der Waals surface area contributed by atoms with Crippen molar-refractivity contribution in [2.75, 3.05) is 40.3 Å². The Labute approximate surface area is 124 Å². The lowest BCUT2D eigenvalue weighted by Crippen LogP contribution is -2.44. The highest BCUT2D eigenvalue weighted by Gasteiger charge is 2.27. The minimum atomic E-state index is 0.297. The van der Waals surface area contributed by atoms with E-state index in [-0.39, 0.29) is 0 Å². The fourth-order valence-electron chi connectivity index (χ4n) is 2.99. The maximum absolute atomic E-state index is 9.47. The van der Waals surface area contributed by atoms with Gasteiger partial charge in [-0.25, -0.2) is 0 Å². The second kappa shape index (κ2) is 7.04. The second-order valence-corrected chi connectivity index (χ2v) is 7.61. The summed E-state index contributed by atoms with van der Waals surface area (Å²) in [6, 6.07) is 4.07. The highest BCUT2D eigenvalue weighted by atomic mass is 35.5. The van der Waals surface area contributed by atoms with E-state index in [0.29, 0.717) is 18.4 Å². The number of nitrogens with zero attached hydrogens (tertiary/aromatic N) is 2. The van der Waals surface area contributed by atoms with Crippen molar-refractivity contribution in [3.05, 3.63) is 21.3 Å². The largest absolute Gasteiger partial charge is 0.396 e. The molecule has 2 rings (SSSR count). The van der Waals surface area contributed by atoms with Crippen LogP contribution in [-0.4, -0.2) is 55.2 Å². The van der Waals surface area contributed by atoms with Gasteiger partial charge in [0.25, 0.3) is 0 Å².